The minimum absolute atomic E-state index is 0.108. The topological polar surface area (TPSA) is 63.9 Å². The molecule has 1 aliphatic rings. The summed E-state index contributed by atoms with van der Waals surface area (Å²) in [5.41, 5.74) is 1.21. The van der Waals surface area contributed by atoms with Crippen LogP contribution in [0.1, 0.15) is 16.8 Å². The highest BCUT2D eigenvalue weighted by Crippen LogP contribution is 2.28. The van der Waals surface area contributed by atoms with Crippen LogP contribution in [0.5, 0.6) is 5.75 Å². The summed E-state index contributed by atoms with van der Waals surface area (Å²) < 4.78 is 16.0. The molecule has 0 radical (unpaired) electrons. The zero-order valence-electron chi connectivity index (χ0n) is 13.3. The molecule has 1 amide bonds. The van der Waals surface area contributed by atoms with Crippen LogP contribution in [-0.4, -0.2) is 57.3 Å². The molecule has 0 saturated carbocycles. The lowest BCUT2D eigenvalue weighted by Crippen LogP contribution is -2.38. The highest BCUT2D eigenvalue weighted by molar-refractivity contribution is 5.99. The smallest absolute Gasteiger partial charge is 0.251 e. The molecule has 124 valence electrons. The van der Waals surface area contributed by atoms with Crippen molar-refractivity contribution < 1.29 is 18.7 Å². The molecular weight excluding hydrogens is 296 g/mol. The van der Waals surface area contributed by atoms with E-state index in [0.717, 1.165) is 44.7 Å². The molecule has 0 spiro atoms. The second-order valence-electron chi connectivity index (χ2n) is 5.57. The Labute approximate surface area is 135 Å². The molecule has 3 rings (SSSR count). The van der Waals surface area contributed by atoms with Crippen LogP contribution < -0.4 is 10.1 Å². The fraction of sp³-hybridized carbons (Fsp3) is 0.471. The average molecular weight is 318 g/mol. The number of ether oxygens (including phenoxy) is 2. The van der Waals surface area contributed by atoms with E-state index in [9.17, 15) is 4.79 Å². The Bertz CT molecular complexity index is 662. The van der Waals surface area contributed by atoms with E-state index in [-0.39, 0.29) is 5.91 Å². The van der Waals surface area contributed by atoms with Crippen molar-refractivity contribution >= 4 is 16.9 Å². The number of morpholine rings is 1. The van der Waals surface area contributed by atoms with Crippen molar-refractivity contribution in [1.82, 2.24) is 10.2 Å². The van der Waals surface area contributed by atoms with Gasteiger partial charge in [-0.15, -0.1) is 0 Å². The van der Waals surface area contributed by atoms with Crippen LogP contribution >= 0.6 is 0 Å². The van der Waals surface area contributed by atoms with Gasteiger partial charge in [0.1, 0.15) is 11.3 Å². The number of benzene rings is 1. The fourth-order valence-corrected chi connectivity index (χ4v) is 2.77. The van der Waals surface area contributed by atoms with E-state index in [4.69, 9.17) is 13.9 Å². The number of fused-ring (bicyclic) bond motifs is 1. The van der Waals surface area contributed by atoms with Gasteiger partial charge in [0.15, 0.2) is 0 Å². The van der Waals surface area contributed by atoms with Gasteiger partial charge in [-0.3, -0.25) is 9.69 Å². The SMILES string of the molecule is COc1cc(C(=O)NCCCN2CCOCC2)cc2occc12. The molecule has 1 aromatic carbocycles. The molecule has 6 nitrogen and oxygen atoms in total. The molecule has 1 saturated heterocycles. The lowest BCUT2D eigenvalue weighted by molar-refractivity contribution is 0.0374. The van der Waals surface area contributed by atoms with E-state index in [1.54, 1.807) is 25.5 Å². The second kappa shape index (κ2) is 7.48. The zero-order valence-corrected chi connectivity index (χ0v) is 13.3. The standard InChI is InChI=1S/C17H22N2O4/c1-21-15-11-13(12-16-14(15)3-8-23-16)17(20)18-4-2-5-19-6-9-22-10-7-19/h3,8,11-12H,2,4-7,9-10H2,1H3,(H,18,20). The number of hydrogen-bond acceptors (Lipinski definition) is 5. The third kappa shape index (κ3) is 3.83. The van der Waals surface area contributed by atoms with Crippen LogP contribution in [-0.2, 0) is 4.74 Å². The minimum atomic E-state index is -0.108. The highest BCUT2D eigenvalue weighted by atomic mass is 16.5. The van der Waals surface area contributed by atoms with Gasteiger partial charge < -0.3 is 19.2 Å². The Hall–Kier alpha value is -2.05. The molecule has 1 aromatic heterocycles. The number of hydrogen-bond donors (Lipinski definition) is 1. The first-order chi connectivity index (χ1) is 11.3. The zero-order chi connectivity index (χ0) is 16.1. The van der Waals surface area contributed by atoms with Gasteiger partial charge >= 0.3 is 0 Å². The van der Waals surface area contributed by atoms with Crippen LogP contribution in [0.4, 0.5) is 0 Å². The highest BCUT2D eigenvalue weighted by Gasteiger charge is 2.13. The Morgan fingerprint density at radius 3 is 2.96 bits per heavy atom. The Morgan fingerprint density at radius 1 is 1.35 bits per heavy atom. The number of methoxy groups -OCH3 is 1. The van der Waals surface area contributed by atoms with Crippen molar-refractivity contribution in [2.45, 2.75) is 6.42 Å². The van der Waals surface area contributed by atoms with Gasteiger partial charge in [0.2, 0.25) is 0 Å². The lowest BCUT2D eigenvalue weighted by Gasteiger charge is -2.26. The monoisotopic (exact) mass is 318 g/mol. The number of rotatable bonds is 6. The molecule has 6 heteroatoms. The van der Waals surface area contributed by atoms with Crippen LogP contribution in [0.25, 0.3) is 11.0 Å². The van der Waals surface area contributed by atoms with Crippen molar-refractivity contribution in [2.75, 3.05) is 46.5 Å². The van der Waals surface area contributed by atoms with Gasteiger partial charge in [-0.2, -0.15) is 0 Å². The summed E-state index contributed by atoms with van der Waals surface area (Å²) in [6.45, 7) is 5.17. The van der Waals surface area contributed by atoms with Crippen LogP contribution in [0.15, 0.2) is 28.9 Å². The van der Waals surface area contributed by atoms with E-state index >= 15 is 0 Å². The van der Waals surface area contributed by atoms with Crippen molar-refractivity contribution in [3.8, 4) is 5.75 Å². The Balaban J connectivity index is 1.53. The first-order valence-electron chi connectivity index (χ1n) is 7.91. The van der Waals surface area contributed by atoms with Gasteiger partial charge in [0.05, 0.1) is 32.0 Å². The summed E-state index contributed by atoms with van der Waals surface area (Å²) >= 11 is 0. The molecule has 1 fully saturated rings. The summed E-state index contributed by atoms with van der Waals surface area (Å²) in [5.74, 6) is 0.540. The van der Waals surface area contributed by atoms with Crippen LogP contribution in [0, 0.1) is 0 Å². The van der Waals surface area contributed by atoms with Crippen molar-refractivity contribution in [2.24, 2.45) is 0 Å². The van der Waals surface area contributed by atoms with E-state index in [0.29, 0.717) is 23.4 Å². The molecule has 2 heterocycles. The predicted molar refractivity (Wildman–Crippen MR) is 87.0 cm³/mol. The lowest BCUT2D eigenvalue weighted by atomic mass is 10.1. The third-order valence-corrected chi connectivity index (χ3v) is 4.06. The maximum atomic E-state index is 12.3. The van der Waals surface area contributed by atoms with Gasteiger partial charge in [-0.25, -0.2) is 0 Å². The van der Waals surface area contributed by atoms with Gasteiger partial charge in [0, 0.05) is 25.2 Å². The summed E-state index contributed by atoms with van der Waals surface area (Å²) in [5, 5.41) is 3.82. The molecule has 1 N–H and O–H groups in total. The molecule has 0 aliphatic carbocycles. The number of amides is 1. The Kier molecular flexibility index (Phi) is 5.15. The summed E-state index contributed by atoms with van der Waals surface area (Å²) in [4.78, 5) is 14.6. The van der Waals surface area contributed by atoms with E-state index < -0.39 is 0 Å². The number of carbonyl (C=O) groups excluding carboxylic acids is 1. The van der Waals surface area contributed by atoms with Crippen molar-refractivity contribution in [3.63, 3.8) is 0 Å². The van der Waals surface area contributed by atoms with Crippen LogP contribution in [0.3, 0.4) is 0 Å². The maximum Gasteiger partial charge on any atom is 0.251 e. The maximum absolute atomic E-state index is 12.3. The predicted octanol–water partition coefficient (Wildman–Crippen LogP) is 1.89. The fourth-order valence-electron chi connectivity index (χ4n) is 2.77. The van der Waals surface area contributed by atoms with Crippen LogP contribution in [0.2, 0.25) is 0 Å². The second-order valence-corrected chi connectivity index (χ2v) is 5.57. The number of furan rings is 1. The van der Waals surface area contributed by atoms with E-state index in [1.165, 1.54) is 0 Å². The first-order valence-corrected chi connectivity index (χ1v) is 7.91. The van der Waals surface area contributed by atoms with E-state index in [1.807, 2.05) is 6.07 Å². The average Bonchev–Trinajstić information content (AvgIpc) is 3.07. The largest absolute Gasteiger partial charge is 0.496 e. The quantitative estimate of drug-likeness (QED) is 0.824. The van der Waals surface area contributed by atoms with Gasteiger partial charge in [-0.1, -0.05) is 0 Å². The summed E-state index contributed by atoms with van der Waals surface area (Å²) in [6, 6.07) is 5.32. The number of nitrogens with zero attached hydrogens (tertiary/aromatic N) is 1. The van der Waals surface area contributed by atoms with Crippen molar-refractivity contribution in [1.29, 1.82) is 0 Å². The summed E-state index contributed by atoms with van der Waals surface area (Å²) in [6.07, 6.45) is 2.52. The summed E-state index contributed by atoms with van der Waals surface area (Å²) in [7, 11) is 1.59. The molecular formula is C17H22N2O4. The number of nitrogens with one attached hydrogen (secondary N) is 1. The third-order valence-electron chi connectivity index (χ3n) is 4.06. The molecule has 0 atom stereocenters. The Morgan fingerprint density at radius 2 is 2.17 bits per heavy atom. The van der Waals surface area contributed by atoms with E-state index in [2.05, 4.69) is 10.2 Å². The molecule has 2 aromatic rings. The normalized spacial score (nSPS) is 15.7. The first kappa shape index (κ1) is 15.8. The number of carbonyl (C=O) groups is 1. The molecule has 0 bridgehead atoms. The molecule has 1 aliphatic heterocycles. The van der Waals surface area contributed by atoms with Crippen molar-refractivity contribution in [3.05, 3.63) is 30.0 Å². The molecule has 23 heavy (non-hydrogen) atoms. The van der Waals surface area contributed by atoms with Gasteiger partial charge in [0.25, 0.3) is 5.91 Å². The van der Waals surface area contributed by atoms with Gasteiger partial charge in [-0.05, 0) is 31.2 Å². The minimum Gasteiger partial charge on any atom is -0.496 e. The molecule has 0 unspecified atom stereocenters.